The number of hydrogen-bond acceptors (Lipinski definition) is 20. The fraction of sp³-hybridized carbons (Fsp3) is 0.359. The molecule has 0 spiro atoms. The van der Waals surface area contributed by atoms with Crippen molar-refractivity contribution >= 4 is 59.4 Å². The summed E-state index contributed by atoms with van der Waals surface area (Å²) in [5.74, 6) is -6.34. The number of benzene rings is 3. The highest BCUT2D eigenvalue weighted by Gasteiger charge is 2.51. The molecular formula is C39H40F3N3O20. The van der Waals surface area contributed by atoms with E-state index in [2.05, 4.69) is 18.9 Å². The maximum absolute atomic E-state index is 14.3. The Balaban J connectivity index is -0.000000817. The highest BCUT2D eigenvalue weighted by atomic mass is 19.1. The summed E-state index contributed by atoms with van der Waals surface area (Å²) in [6.07, 6.45) is 1.68. The molecule has 0 radical (unpaired) electrons. The van der Waals surface area contributed by atoms with Gasteiger partial charge in [-0.3, -0.25) is 49.5 Å². The van der Waals surface area contributed by atoms with Crippen LogP contribution in [-0.2, 0) is 72.3 Å². The summed E-state index contributed by atoms with van der Waals surface area (Å²) in [5, 5.41) is 31.5. The Hall–Kier alpha value is -8.33. The molecule has 0 aliphatic carbocycles. The molecule has 0 aromatic heterocycles. The van der Waals surface area contributed by atoms with Gasteiger partial charge in [0.2, 0.25) is 0 Å². The van der Waals surface area contributed by atoms with Crippen molar-refractivity contribution in [2.75, 3.05) is 28.4 Å². The van der Waals surface area contributed by atoms with Crippen LogP contribution in [0.15, 0.2) is 54.6 Å². The van der Waals surface area contributed by atoms with E-state index < -0.39 is 67.1 Å². The zero-order valence-electron chi connectivity index (χ0n) is 35.3. The largest absolute Gasteiger partial charge is 0.469 e. The molecule has 0 aliphatic rings. The van der Waals surface area contributed by atoms with Gasteiger partial charge in [-0.05, 0) is 49.4 Å². The van der Waals surface area contributed by atoms with Gasteiger partial charge in [0.15, 0.2) is 5.41 Å². The van der Waals surface area contributed by atoms with Gasteiger partial charge in [-0.25, -0.2) is 13.2 Å². The predicted molar refractivity (Wildman–Crippen MR) is 205 cm³/mol. The standard InChI is InChI=1S/C14H16FNO6.C12H14FNO4.C10H10FNO4.3CO2/c1-4-7-14(12(17)21-2,13(18)22-3)10-6-5-9(16(19)20)8-11(10)15;1-8(3-6-12(15)18-2)10-5-4-9(14(16)17)7-11(10)13;1-6(10(13)16-2)8-4-3-7(12(14)15)5-9(8)11;3*2-1-3/h5-6,8H,4,7H2,1-3H3;4-5,7-8H,3,6H2,1-2H3;3-6H,1-2H3;;;. The van der Waals surface area contributed by atoms with Gasteiger partial charge in [-0.1, -0.05) is 20.3 Å². The summed E-state index contributed by atoms with van der Waals surface area (Å²) in [6, 6.07) is 9.41. The van der Waals surface area contributed by atoms with E-state index in [-0.39, 0.29) is 65.7 Å². The smallest absolute Gasteiger partial charge is 0.373 e. The van der Waals surface area contributed by atoms with Crippen LogP contribution in [0.5, 0.6) is 0 Å². The minimum absolute atomic E-state index is 0.0545. The number of carbonyl (C=O) groups excluding carboxylic acids is 10. The first-order chi connectivity index (χ1) is 30.5. The first kappa shape index (κ1) is 61.0. The minimum Gasteiger partial charge on any atom is -0.469 e. The maximum Gasteiger partial charge on any atom is 0.373 e. The highest BCUT2D eigenvalue weighted by molar-refractivity contribution is 6.06. The van der Waals surface area contributed by atoms with Crippen LogP contribution in [-0.4, -0.2) is 85.5 Å². The molecule has 3 aromatic carbocycles. The molecule has 3 aromatic rings. The molecule has 0 heterocycles. The van der Waals surface area contributed by atoms with E-state index in [1.54, 1.807) is 13.8 Å². The third-order valence-corrected chi connectivity index (χ3v) is 8.27. The van der Waals surface area contributed by atoms with Crippen molar-refractivity contribution in [3.8, 4) is 0 Å². The van der Waals surface area contributed by atoms with Gasteiger partial charge < -0.3 is 18.9 Å². The summed E-state index contributed by atoms with van der Waals surface area (Å²) in [5.41, 5.74) is -2.96. The average molecular weight is 928 g/mol. The van der Waals surface area contributed by atoms with Gasteiger partial charge in [-0.15, -0.1) is 0 Å². The topological polar surface area (TPSA) is 337 Å². The number of nitro groups is 3. The number of esters is 4. The number of ether oxygens (including phenoxy) is 4. The lowest BCUT2D eigenvalue weighted by Gasteiger charge is -2.28. The number of carbonyl (C=O) groups is 4. The SMILES string of the molecule is CCCC(C(=O)OC)(C(=O)OC)c1ccc([N+](=O)[O-])cc1F.COC(=O)C(C)c1ccc([N+](=O)[O-])cc1F.COC(=O)CCC(C)c1ccc([N+](=O)[O-])cc1F.O=C=O.O=C=O.O=C=O. The number of nitro benzene ring substituents is 3. The summed E-state index contributed by atoms with van der Waals surface area (Å²) in [7, 11) is 4.62. The van der Waals surface area contributed by atoms with Crippen molar-refractivity contribution in [2.24, 2.45) is 0 Å². The molecule has 0 aliphatic heterocycles. The second-order valence-corrected chi connectivity index (χ2v) is 12.0. The Morgan fingerprint density at radius 2 is 0.985 bits per heavy atom. The second-order valence-electron chi connectivity index (χ2n) is 12.0. The molecule has 26 heteroatoms. The molecule has 0 amide bonds. The third-order valence-electron chi connectivity index (χ3n) is 8.27. The van der Waals surface area contributed by atoms with Gasteiger partial charge >= 0.3 is 42.3 Å². The molecule has 2 unspecified atom stereocenters. The van der Waals surface area contributed by atoms with E-state index >= 15 is 0 Å². The lowest BCUT2D eigenvalue weighted by atomic mass is 9.76. The summed E-state index contributed by atoms with van der Waals surface area (Å²) < 4.78 is 59.6. The first-order valence-electron chi connectivity index (χ1n) is 17.6. The molecule has 0 saturated carbocycles. The summed E-state index contributed by atoms with van der Waals surface area (Å²) in [6.45, 7) is 4.92. The zero-order valence-corrected chi connectivity index (χ0v) is 35.3. The molecule has 0 fully saturated rings. The van der Waals surface area contributed by atoms with Crippen LogP contribution in [0.25, 0.3) is 0 Å². The Bertz CT molecular complexity index is 2170. The Morgan fingerprint density at radius 3 is 1.29 bits per heavy atom. The van der Waals surface area contributed by atoms with Crippen LogP contribution < -0.4 is 0 Å². The molecule has 0 bridgehead atoms. The van der Waals surface area contributed by atoms with Crippen LogP contribution in [0.3, 0.4) is 0 Å². The summed E-state index contributed by atoms with van der Waals surface area (Å²) in [4.78, 5) is 125. The van der Waals surface area contributed by atoms with Crippen molar-refractivity contribution in [3.63, 3.8) is 0 Å². The van der Waals surface area contributed by atoms with E-state index in [1.807, 2.05) is 0 Å². The lowest BCUT2D eigenvalue weighted by molar-refractivity contribution is -0.385. The van der Waals surface area contributed by atoms with Crippen molar-refractivity contribution in [2.45, 2.75) is 63.7 Å². The molecule has 65 heavy (non-hydrogen) atoms. The fourth-order valence-corrected chi connectivity index (χ4v) is 5.23. The molecule has 352 valence electrons. The molecule has 23 nitrogen and oxygen atoms in total. The van der Waals surface area contributed by atoms with E-state index in [0.717, 1.165) is 44.6 Å². The van der Waals surface area contributed by atoms with Crippen molar-refractivity contribution < 1.29 is 94.8 Å². The summed E-state index contributed by atoms with van der Waals surface area (Å²) >= 11 is 0. The van der Waals surface area contributed by atoms with Crippen LogP contribution in [0.2, 0.25) is 0 Å². The van der Waals surface area contributed by atoms with Gasteiger partial charge in [0.25, 0.3) is 17.1 Å². The number of nitrogens with zero attached hydrogens (tertiary/aromatic N) is 3. The van der Waals surface area contributed by atoms with Crippen LogP contribution >= 0.6 is 0 Å². The number of rotatable bonds is 14. The van der Waals surface area contributed by atoms with Gasteiger partial charge in [0, 0.05) is 35.7 Å². The molecular weight excluding hydrogens is 887 g/mol. The third kappa shape index (κ3) is 19.9. The van der Waals surface area contributed by atoms with E-state index in [4.69, 9.17) is 28.8 Å². The molecule has 3 rings (SSSR count). The molecule has 0 N–H and O–H groups in total. The minimum atomic E-state index is -1.99. The average Bonchev–Trinajstić information content (AvgIpc) is 3.27. The maximum atomic E-state index is 14.3. The monoisotopic (exact) mass is 927 g/mol. The van der Waals surface area contributed by atoms with Gasteiger partial charge in [-0.2, -0.15) is 28.8 Å². The quantitative estimate of drug-likeness (QED) is 0.0661. The normalized spacial score (nSPS) is 10.3. The molecule has 0 saturated heterocycles. The highest BCUT2D eigenvalue weighted by Crippen LogP contribution is 2.36. The van der Waals surface area contributed by atoms with Crippen molar-refractivity contribution in [1.29, 1.82) is 0 Å². The van der Waals surface area contributed by atoms with Crippen LogP contribution in [0, 0.1) is 47.8 Å². The number of halogens is 3. The number of hydrogen-bond donors (Lipinski definition) is 0. The first-order valence-corrected chi connectivity index (χ1v) is 17.6. The Kier molecular flexibility index (Phi) is 30.4. The van der Waals surface area contributed by atoms with Gasteiger partial charge in [0.1, 0.15) is 17.5 Å². The second kappa shape index (κ2) is 32.4. The van der Waals surface area contributed by atoms with E-state index in [1.165, 1.54) is 39.3 Å². The Labute approximate surface area is 365 Å². The Morgan fingerprint density at radius 1 is 0.615 bits per heavy atom. The van der Waals surface area contributed by atoms with Crippen LogP contribution in [0.4, 0.5) is 30.2 Å². The van der Waals surface area contributed by atoms with Crippen molar-refractivity contribution in [1.82, 2.24) is 0 Å². The zero-order chi connectivity index (χ0) is 51.0. The fourth-order valence-electron chi connectivity index (χ4n) is 5.23. The number of non-ortho nitro benzene ring substituents is 3. The number of methoxy groups -OCH3 is 4. The van der Waals surface area contributed by atoms with E-state index in [0.29, 0.717) is 24.5 Å². The lowest BCUT2D eigenvalue weighted by Crippen LogP contribution is -2.46. The predicted octanol–water partition coefficient (Wildman–Crippen LogP) is 5.17. The van der Waals surface area contributed by atoms with Crippen molar-refractivity contribution in [3.05, 3.63) is 119 Å². The van der Waals surface area contributed by atoms with Crippen LogP contribution in [0.1, 0.15) is 75.0 Å². The van der Waals surface area contributed by atoms with E-state index in [9.17, 15) is 62.7 Å². The van der Waals surface area contributed by atoms with Gasteiger partial charge in [0.05, 0.1) is 67.3 Å². The molecule has 2 atom stereocenters.